The summed E-state index contributed by atoms with van der Waals surface area (Å²) in [4.78, 5) is 2.80. The summed E-state index contributed by atoms with van der Waals surface area (Å²) in [5, 5.41) is 1.36. The third-order valence-electron chi connectivity index (χ3n) is 3.62. The van der Waals surface area contributed by atoms with E-state index in [-0.39, 0.29) is 0 Å². The number of hydrogen-bond acceptors (Lipinski definition) is 2. The fourth-order valence-electron chi connectivity index (χ4n) is 2.56. The first-order chi connectivity index (χ1) is 10.8. The van der Waals surface area contributed by atoms with E-state index in [0.29, 0.717) is 10.5 Å². The molecule has 2 rings (SSSR count). The van der Waals surface area contributed by atoms with Gasteiger partial charge in [-0.1, -0.05) is 63.1 Å². The molecule has 0 fully saturated rings. The molecular weight excluding hydrogens is 304 g/mol. The van der Waals surface area contributed by atoms with Gasteiger partial charge in [-0.2, -0.15) is 0 Å². The third kappa shape index (κ3) is 5.73. The van der Waals surface area contributed by atoms with Crippen molar-refractivity contribution in [2.75, 3.05) is 0 Å². The van der Waals surface area contributed by atoms with Crippen LogP contribution in [0.2, 0.25) is 0 Å². The lowest BCUT2D eigenvalue weighted by atomic mass is 10.1. The third-order valence-corrected chi connectivity index (χ3v) is 6.62. The van der Waals surface area contributed by atoms with Gasteiger partial charge in [0.25, 0.3) is 0 Å². The van der Waals surface area contributed by atoms with E-state index >= 15 is 0 Å². The molecule has 0 bridgehead atoms. The molecule has 0 aliphatic heterocycles. The highest BCUT2D eigenvalue weighted by Crippen LogP contribution is 2.38. The SMILES string of the molecule is CCC[C@H](Sc1ccccc1)[C@@H](CCC)Sc1ccccc1. The predicted molar refractivity (Wildman–Crippen MR) is 102 cm³/mol. The summed E-state index contributed by atoms with van der Waals surface area (Å²) >= 11 is 4.12. The summed E-state index contributed by atoms with van der Waals surface area (Å²) in [5.41, 5.74) is 0. The molecule has 0 nitrogen and oxygen atoms in total. The average Bonchev–Trinajstić information content (AvgIpc) is 2.56. The van der Waals surface area contributed by atoms with Gasteiger partial charge in [-0.15, -0.1) is 23.5 Å². The molecular formula is C20H26S2. The Bertz CT molecular complexity index is 460. The molecule has 0 saturated heterocycles. The second-order valence-corrected chi connectivity index (χ2v) is 8.14. The fourth-order valence-corrected chi connectivity index (χ4v) is 5.50. The van der Waals surface area contributed by atoms with E-state index in [1.807, 2.05) is 0 Å². The molecule has 0 heterocycles. The van der Waals surface area contributed by atoms with Crippen LogP contribution < -0.4 is 0 Å². The van der Waals surface area contributed by atoms with Crippen molar-refractivity contribution in [2.24, 2.45) is 0 Å². The Labute approximate surface area is 144 Å². The molecule has 0 radical (unpaired) electrons. The van der Waals surface area contributed by atoms with Crippen molar-refractivity contribution in [3.63, 3.8) is 0 Å². The summed E-state index contributed by atoms with van der Waals surface area (Å²) in [6, 6.07) is 21.7. The average molecular weight is 331 g/mol. The van der Waals surface area contributed by atoms with Crippen LogP contribution in [0.5, 0.6) is 0 Å². The smallest absolute Gasteiger partial charge is 0.0217 e. The van der Waals surface area contributed by atoms with E-state index in [9.17, 15) is 0 Å². The largest absolute Gasteiger partial charge is 0.122 e. The first kappa shape index (κ1) is 17.5. The van der Waals surface area contributed by atoms with Crippen LogP contribution in [0, 0.1) is 0 Å². The van der Waals surface area contributed by atoms with Gasteiger partial charge in [-0.05, 0) is 37.1 Å². The summed E-state index contributed by atoms with van der Waals surface area (Å²) in [6.45, 7) is 4.60. The maximum atomic E-state index is 2.30. The molecule has 0 N–H and O–H groups in total. The Morgan fingerprint density at radius 3 is 1.32 bits per heavy atom. The van der Waals surface area contributed by atoms with Crippen LogP contribution in [0.1, 0.15) is 39.5 Å². The minimum absolute atomic E-state index is 0.678. The second kappa shape index (κ2) is 10.0. The molecule has 0 unspecified atom stereocenters. The second-order valence-electron chi connectivity index (χ2n) is 5.52. The zero-order valence-corrected chi connectivity index (χ0v) is 15.2. The number of benzene rings is 2. The maximum Gasteiger partial charge on any atom is 0.0217 e. The quantitative estimate of drug-likeness (QED) is 0.458. The Kier molecular flexibility index (Phi) is 7.96. The summed E-state index contributed by atoms with van der Waals surface area (Å²) < 4.78 is 0. The van der Waals surface area contributed by atoms with Gasteiger partial charge in [-0.25, -0.2) is 0 Å². The van der Waals surface area contributed by atoms with Gasteiger partial charge in [0.05, 0.1) is 0 Å². The highest BCUT2D eigenvalue weighted by atomic mass is 32.2. The van der Waals surface area contributed by atoms with Crippen molar-refractivity contribution in [1.29, 1.82) is 0 Å². The molecule has 22 heavy (non-hydrogen) atoms. The molecule has 0 saturated carbocycles. The Morgan fingerprint density at radius 2 is 1.00 bits per heavy atom. The van der Waals surface area contributed by atoms with Crippen LogP contribution >= 0.6 is 23.5 Å². The number of rotatable bonds is 9. The van der Waals surface area contributed by atoms with Gasteiger partial charge in [0, 0.05) is 20.3 Å². The molecule has 0 aromatic heterocycles. The van der Waals surface area contributed by atoms with E-state index in [0.717, 1.165) is 0 Å². The summed E-state index contributed by atoms with van der Waals surface area (Å²) in [6.07, 6.45) is 5.06. The van der Waals surface area contributed by atoms with Crippen molar-refractivity contribution < 1.29 is 0 Å². The van der Waals surface area contributed by atoms with Crippen LogP contribution in [0.4, 0.5) is 0 Å². The van der Waals surface area contributed by atoms with E-state index in [1.54, 1.807) is 0 Å². The van der Waals surface area contributed by atoms with Gasteiger partial charge in [0.15, 0.2) is 0 Å². The molecule has 2 heteroatoms. The molecule has 0 aliphatic rings. The van der Waals surface area contributed by atoms with Gasteiger partial charge in [-0.3, -0.25) is 0 Å². The number of thioether (sulfide) groups is 2. The Hall–Kier alpha value is -0.860. The van der Waals surface area contributed by atoms with Crippen LogP contribution in [-0.4, -0.2) is 10.5 Å². The van der Waals surface area contributed by atoms with Gasteiger partial charge >= 0.3 is 0 Å². The highest BCUT2D eigenvalue weighted by molar-refractivity contribution is 8.03. The van der Waals surface area contributed by atoms with Crippen molar-refractivity contribution >= 4 is 23.5 Å². The van der Waals surface area contributed by atoms with Crippen LogP contribution in [0.15, 0.2) is 70.5 Å². The molecule has 0 amide bonds. The minimum atomic E-state index is 0.678. The zero-order chi connectivity index (χ0) is 15.6. The van der Waals surface area contributed by atoms with Gasteiger partial charge < -0.3 is 0 Å². The highest BCUT2D eigenvalue weighted by Gasteiger charge is 2.22. The number of hydrogen-bond donors (Lipinski definition) is 0. The monoisotopic (exact) mass is 330 g/mol. The van der Waals surface area contributed by atoms with Crippen molar-refractivity contribution in [3.8, 4) is 0 Å². The van der Waals surface area contributed by atoms with Gasteiger partial charge in [0.1, 0.15) is 0 Å². The van der Waals surface area contributed by atoms with Crippen molar-refractivity contribution in [1.82, 2.24) is 0 Å². The summed E-state index contributed by atoms with van der Waals surface area (Å²) in [7, 11) is 0. The van der Waals surface area contributed by atoms with Crippen LogP contribution in [0.25, 0.3) is 0 Å². The predicted octanol–water partition coefficient (Wildman–Crippen LogP) is 6.91. The van der Waals surface area contributed by atoms with Crippen LogP contribution in [-0.2, 0) is 0 Å². The molecule has 2 atom stereocenters. The lowest BCUT2D eigenvalue weighted by molar-refractivity contribution is 0.653. The standard InChI is InChI=1S/C20H26S2/c1-3-11-19(21-17-13-7-5-8-14-17)20(12-4-2)22-18-15-9-6-10-16-18/h5-10,13-16,19-20H,3-4,11-12H2,1-2H3/t19-,20+. The van der Waals surface area contributed by atoms with Crippen molar-refractivity contribution in [3.05, 3.63) is 60.7 Å². The van der Waals surface area contributed by atoms with Crippen molar-refractivity contribution in [2.45, 2.75) is 59.8 Å². The van der Waals surface area contributed by atoms with E-state index < -0.39 is 0 Å². The Balaban J connectivity index is 2.10. The van der Waals surface area contributed by atoms with E-state index in [2.05, 4.69) is 98.0 Å². The molecule has 2 aromatic carbocycles. The lowest BCUT2D eigenvalue weighted by Crippen LogP contribution is -2.20. The van der Waals surface area contributed by atoms with E-state index in [4.69, 9.17) is 0 Å². The zero-order valence-electron chi connectivity index (χ0n) is 13.6. The minimum Gasteiger partial charge on any atom is -0.122 e. The van der Waals surface area contributed by atoms with Gasteiger partial charge in [0.2, 0.25) is 0 Å². The molecule has 2 aromatic rings. The molecule has 0 spiro atoms. The topological polar surface area (TPSA) is 0 Å². The van der Waals surface area contributed by atoms with Crippen LogP contribution in [0.3, 0.4) is 0 Å². The fraction of sp³-hybridized carbons (Fsp3) is 0.400. The molecule has 0 aliphatic carbocycles. The lowest BCUT2D eigenvalue weighted by Gasteiger charge is -2.26. The molecule has 118 valence electrons. The first-order valence-corrected chi connectivity index (χ1v) is 10.0. The maximum absolute atomic E-state index is 2.30. The summed E-state index contributed by atoms with van der Waals surface area (Å²) in [5.74, 6) is 0. The Morgan fingerprint density at radius 1 is 0.636 bits per heavy atom. The first-order valence-electron chi connectivity index (χ1n) is 8.27. The van der Waals surface area contributed by atoms with E-state index in [1.165, 1.54) is 35.5 Å². The normalized spacial score (nSPS) is 13.7.